The number of benzene rings is 2. The van der Waals surface area contributed by atoms with Crippen molar-refractivity contribution >= 4 is 88.0 Å². The summed E-state index contributed by atoms with van der Waals surface area (Å²) in [5, 5.41) is 4.97. The van der Waals surface area contributed by atoms with Crippen LogP contribution < -0.4 is 5.32 Å². The topological polar surface area (TPSA) is 149 Å². The Balaban J connectivity index is 0.000000156. The lowest BCUT2D eigenvalue weighted by Crippen LogP contribution is -2.72. The van der Waals surface area contributed by atoms with E-state index in [1.165, 1.54) is 12.8 Å². The first-order chi connectivity index (χ1) is 31.1. The van der Waals surface area contributed by atoms with Gasteiger partial charge in [-0.3, -0.25) is 19.4 Å². The Hall–Kier alpha value is -1.51. The molecule has 2 amide bonds. The van der Waals surface area contributed by atoms with Crippen molar-refractivity contribution in [2.75, 3.05) is 78.8 Å². The molecular formula is C44H59Cl5N6O8S2. The van der Waals surface area contributed by atoms with Crippen LogP contribution in [0.4, 0.5) is 0 Å². The van der Waals surface area contributed by atoms with Gasteiger partial charge in [-0.05, 0) is 113 Å². The normalized spacial score (nSPS) is 28.9. The van der Waals surface area contributed by atoms with Crippen molar-refractivity contribution in [2.45, 2.75) is 111 Å². The summed E-state index contributed by atoms with van der Waals surface area (Å²) >= 11 is 24.3. The quantitative estimate of drug-likeness (QED) is 0.326. The SMILES string of the molecule is O=C(Cc1ccc(Cl)c(Cl)c1)N1CCN(S(=O)(=O)C2CC2)[C@@H]2COCC(N3CCCC3)[C@H]21.O=C(Cc1ccc(Cl)c(Cl)c1)N1CCN[C@@H]2COCC(N3CCCC3)[C@H]21.O=S(=O)(Cl)C1CC1. The molecule has 10 rings (SSSR count). The van der Waals surface area contributed by atoms with Gasteiger partial charge in [-0.15, -0.1) is 0 Å². The van der Waals surface area contributed by atoms with Crippen LogP contribution in [0.15, 0.2) is 36.4 Å². The highest BCUT2D eigenvalue weighted by Gasteiger charge is 2.53. The molecule has 14 nitrogen and oxygen atoms in total. The second kappa shape index (κ2) is 21.6. The van der Waals surface area contributed by atoms with E-state index in [0.29, 0.717) is 66.0 Å². The number of likely N-dealkylation sites (tertiary alicyclic amines) is 2. The minimum atomic E-state index is -3.36. The van der Waals surface area contributed by atoms with Crippen LogP contribution in [0.5, 0.6) is 0 Å². The predicted octanol–water partition coefficient (Wildman–Crippen LogP) is 5.32. The van der Waals surface area contributed by atoms with Gasteiger partial charge in [0, 0.05) is 36.9 Å². The largest absolute Gasteiger partial charge is 0.378 e. The van der Waals surface area contributed by atoms with Crippen molar-refractivity contribution in [3.05, 3.63) is 67.6 Å². The van der Waals surface area contributed by atoms with E-state index in [9.17, 15) is 26.4 Å². The van der Waals surface area contributed by atoms with Gasteiger partial charge in [0.1, 0.15) is 0 Å². The third-order valence-electron chi connectivity index (χ3n) is 13.9. The molecule has 2 aromatic carbocycles. The van der Waals surface area contributed by atoms with Crippen molar-refractivity contribution in [3.63, 3.8) is 0 Å². The number of nitrogens with zero attached hydrogens (tertiary/aromatic N) is 5. The van der Waals surface area contributed by atoms with Crippen LogP contribution in [0.2, 0.25) is 20.1 Å². The molecule has 0 spiro atoms. The summed E-state index contributed by atoms with van der Waals surface area (Å²) < 4.78 is 60.2. The van der Waals surface area contributed by atoms with E-state index in [-0.39, 0.29) is 65.0 Å². The maximum atomic E-state index is 13.5. The maximum Gasteiger partial charge on any atom is 0.235 e. The molecule has 2 aromatic rings. The first-order valence-electron chi connectivity index (χ1n) is 22.9. The van der Waals surface area contributed by atoms with Gasteiger partial charge in [0.2, 0.25) is 30.9 Å². The lowest BCUT2D eigenvalue weighted by Gasteiger charge is -2.53. The van der Waals surface area contributed by atoms with Crippen LogP contribution in [0.3, 0.4) is 0 Å². The van der Waals surface area contributed by atoms with Crippen molar-refractivity contribution in [1.82, 2.24) is 29.2 Å². The molecule has 8 aliphatic rings. The number of piperazine rings is 2. The van der Waals surface area contributed by atoms with E-state index in [2.05, 4.69) is 20.0 Å². The summed E-state index contributed by atoms with van der Waals surface area (Å²) in [6, 6.07) is 10.8. The summed E-state index contributed by atoms with van der Waals surface area (Å²) in [5.74, 6) is 0.152. The Morgan fingerprint density at radius 3 is 1.54 bits per heavy atom. The van der Waals surface area contributed by atoms with Crippen LogP contribution in [-0.2, 0) is 51.0 Å². The van der Waals surface area contributed by atoms with Crippen LogP contribution in [0, 0.1) is 0 Å². The minimum absolute atomic E-state index is 0.00575. The van der Waals surface area contributed by atoms with Crippen molar-refractivity contribution in [1.29, 1.82) is 0 Å². The number of rotatable bonds is 9. The monoisotopic (exact) mass is 1040 g/mol. The number of hydrogen-bond acceptors (Lipinski definition) is 11. The van der Waals surface area contributed by atoms with E-state index in [1.54, 1.807) is 28.6 Å². The van der Waals surface area contributed by atoms with Gasteiger partial charge in [0.15, 0.2) is 0 Å². The zero-order valence-electron chi connectivity index (χ0n) is 36.3. The predicted molar refractivity (Wildman–Crippen MR) is 254 cm³/mol. The average molecular weight is 1040 g/mol. The first-order valence-corrected chi connectivity index (χ1v) is 28.3. The standard InChI is InChI=1S/C22H29Cl2N3O4S.C19H25Cl2N3O2.C3H5ClO2S/c23-17-6-3-15(11-18(17)24)12-21(28)26-9-10-27(32(29,30)16-4-5-16)20-14-31-13-19(22(20)26)25-7-1-2-8-25;20-14-4-3-13(9-15(14)21)10-18(25)24-8-5-22-16-11-26-12-17(19(16)24)23-6-1-2-7-23;4-7(5,6)3-1-2-3/h3,6,11,16,19-20,22H,1-2,4-5,7-10,12-14H2;3-4,9,16-17,19,22H,1-2,5-8,10-12H2;3H,1-2H2/t19?,20-,22-;16-,17?,19+;/m11./s1. The molecule has 2 aliphatic carbocycles. The van der Waals surface area contributed by atoms with Crippen LogP contribution in [0.1, 0.15) is 62.5 Å². The molecule has 1 N–H and O–H groups in total. The summed E-state index contributed by atoms with van der Waals surface area (Å²) in [6.07, 6.45) is 8.25. The molecule has 65 heavy (non-hydrogen) atoms. The van der Waals surface area contributed by atoms with E-state index < -0.39 is 19.1 Å². The van der Waals surface area contributed by atoms with Gasteiger partial charge < -0.3 is 24.6 Å². The number of carbonyl (C=O) groups excluding carboxylic acids is 2. The fourth-order valence-corrected chi connectivity index (χ4v) is 14.2. The molecule has 0 radical (unpaired) electrons. The number of sulfonamides is 1. The number of nitrogens with one attached hydrogen (secondary N) is 1. The lowest BCUT2D eigenvalue weighted by atomic mass is 9.92. The van der Waals surface area contributed by atoms with Gasteiger partial charge in [-0.1, -0.05) is 58.5 Å². The highest BCUT2D eigenvalue weighted by molar-refractivity contribution is 8.14. The molecule has 0 aromatic heterocycles. The Kier molecular flexibility index (Phi) is 16.6. The first kappa shape index (κ1) is 49.9. The van der Waals surface area contributed by atoms with Crippen LogP contribution in [-0.4, -0.2) is 178 Å². The van der Waals surface area contributed by atoms with Gasteiger partial charge in [-0.2, -0.15) is 4.31 Å². The molecule has 2 unspecified atom stereocenters. The zero-order valence-corrected chi connectivity index (χ0v) is 41.8. The maximum absolute atomic E-state index is 13.5. The molecule has 6 atom stereocenters. The van der Waals surface area contributed by atoms with E-state index >= 15 is 0 Å². The fraction of sp³-hybridized carbons (Fsp3) is 0.682. The zero-order chi connectivity index (χ0) is 46.0. The summed E-state index contributed by atoms with van der Waals surface area (Å²) in [6.45, 7) is 8.63. The second-order valence-corrected chi connectivity index (χ2v) is 25.1. The number of ether oxygens (including phenoxy) is 2. The van der Waals surface area contributed by atoms with Gasteiger partial charge in [0.25, 0.3) is 0 Å². The summed E-state index contributed by atoms with van der Waals surface area (Å²) in [4.78, 5) is 35.5. The van der Waals surface area contributed by atoms with E-state index in [1.807, 2.05) is 17.0 Å². The highest BCUT2D eigenvalue weighted by Crippen LogP contribution is 2.38. The Morgan fingerprint density at radius 2 is 1.06 bits per heavy atom. The van der Waals surface area contributed by atoms with E-state index in [0.717, 1.165) is 88.9 Å². The average Bonchev–Trinajstić information content (AvgIpc) is 4.22. The fourth-order valence-electron chi connectivity index (χ4n) is 10.3. The van der Waals surface area contributed by atoms with Gasteiger partial charge in [-0.25, -0.2) is 16.8 Å². The molecule has 360 valence electrons. The smallest absolute Gasteiger partial charge is 0.235 e. The van der Waals surface area contributed by atoms with Crippen molar-refractivity contribution in [2.24, 2.45) is 0 Å². The number of carbonyl (C=O) groups is 2. The highest BCUT2D eigenvalue weighted by atomic mass is 35.7. The molecule has 0 bridgehead atoms. The molecule has 21 heteroatoms. The Morgan fingerprint density at radius 1 is 0.585 bits per heavy atom. The summed E-state index contributed by atoms with van der Waals surface area (Å²) in [7, 11) is -1.61. The minimum Gasteiger partial charge on any atom is -0.378 e. The number of amides is 2. The Labute approximate surface area is 407 Å². The van der Waals surface area contributed by atoms with Crippen molar-refractivity contribution in [3.8, 4) is 0 Å². The molecule has 8 fully saturated rings. The molecular weight excluding hydrogens is 982 g/mol. The number of hydrogen-bond donors (Lipinski definition) is 1. The number of fused-ring (bicyclic) bond motifs is 2. The molecule has 6 heterocycles. The van der Waals surface area contributed by atoms with Crippen LogP contribution >= 0.6 is 57.1 Å². The van der Waals surface area contributed by atoms with Crippen molar-refractivity contribution < 1.29 is 35.9 Å². The summed E-state index contributed by atoms with van der Waals surface area (Å²) in [5.41, 5.74) is 1.71. The molecule has 6 saturated heterocycles. The second-order valence-electron chi connectivity index (χ2n) is 18.4. The third kappa shape index (κ3) is 12.1. The van der Waals surface area contributed by atoms with Gasteiger partial charge in [0.05, 0.1) is 106 Å². The lowest BCUT2D eigenvalue weighted by molar-refractivity contribution is -0.147. The molecule has 6 aliphatic heterocycles. The Bertz CT molecular complexity index is 2240. The number of halogens is 5. The van der Waals surface area contributed by atoms with Gasteiger partial charge >= 0.3 is 0 Å². The van der Waals surface area contributed by atoms with E-state index in [4.69, 9.17) is 66.6 Å². The van der Waals surface area contributed by atoms with Crippen LogP contribution in [0.25, 0.3) is 0 Å². The third-order valence-corrected chi connectivity index (χ3v) is 19.8. The molecule has 2 saturated carbocycles.